The minimum absolute atomic E-state index is 0.0996. The van der Waals surface area contributed by atoms with Gasteiger partial charge in [-0.05, 0) is 31.0 Å². The van der Waals surface area contributed by atoms with Crippen LogP contribution in [0.2, 0.25) is 0 Å². The number of hydrogen-bond acceptors (Lipinski definition) is 4. The highest BCUT2D eigenvalue weighted by Gasteiger charge is 2.31. The van der Waals surface area contributed by atoms with E-state index < -0.39 is 0 Å². The zero-order valence-corrected chi connectivity index (χ0v) is 14.0. The van der Waals surface area contributed by atoms with Crippen molar-refractivity contribution in [2.24, 2.45) is 5.92 Å². The zero-order valence-electron chi connectivity index (χ0n) is 14.0. The van der Waals surface area contributed by atoms with Crippen LogP contribution in [0.5, 0.6) is 5.75 Å². The number of hydrogen-bond donors (Lipinski definition) is 0. The molecule has 1 aromatic carbocycles. The van der Waals surface area contributed by atoms with Crippen LogP contribution in [0.4, 0.5) is 11.4 Å². The first-order valence-corrected chi connectivity index (χ1v) is 8.67. The molecule has 0 saturated carbocycles. The molecular formula is C18H25N3O2. The summed E-state index contributed by atoms with van der Waals surface area (Å²) in [6, 6.07) is 6.95. The molecule has 2 bridgehead atoms. The molecule has 5 heteroatoms. The molecule has 0 spiro atoms. The minimum Gasteiger partial charge on any atom is -0.491 e. The van der Waals surface area contributed by atoms with Crippen molar-refractivity contribution in [2.45, 2.75) is 25.8 Å². The quantitative estimate of drug-likeness (QED) is 0.794. The molecule has 4 heterocycles. The molecule has 0 aromatic heterocycles. The second-order valence-corrected chi connectivity index (χ2v) is 7.03. The number of carbonyl (C=O) groups is 1. The normalized spacial score (nSPS) is 30.5. The van der Waals surface area contributed by atoms with Crippen LogP contribution in [0, 0.1) is 5.92 Å². The maximum Gasteiger partial charge on any atom is 0.233 e. The largest absolute Gasteiger partial charge is 0.491 e. The monoisotopic (exact) mass is 315 g/mol. The molecule has 124 valence electrons. The van der Waals surface area contributed by atoms with Gasteiger partial charge in [-0.2, -0.15) is 0 Å². The van der Waals surface area contributed by atoms with Gasteiger partial charge >= 0.3 is 0 Å². The molecule has 4 aliphatic rings. The average molecular weight is 315 g/mol. The molecule has 5 nitrogen and oxygen atoms in total. The summed E-state index contributed by atoms with van der Waals surface area (Å²) in [6.07, 6.45) is 2.47. The molecular weight excluding hydrogens is 290 g/mol. The lowest BCUT2D eigenvalue weighted by Gasteiger charge is -2.33. The molecule has 23 heavy (non-hydrogen) atoms. The number of rotatable bonds is 1. The SMILES string of the molecule is C[C@H]1COc2ccc(N3CCN4CCC3CC4)cc2N(C)C1=O. The van der Waals surface area contributed by atoms with Crippen LogP contribution < -0.4 is 14.5 Å². The topological polar surface area (TPSA) is 36.0 Å². The van der Waals surface area contributed by atoms with Gasteiger partial charge in [0.25, 0.3) is 0 Å². The van der Waals surface area contributed by atoms with Gasteiger partial charge in [-0.1, -0.05) is 6.92 Å². The molecule has 0 radical (unpaired) electrons. The lowest BCUT2D eigenvalue weighted by atomic mass is 10.0. The van der Waals surface area contributed by atoms with E-state index in [1.54, 1.807) is 4.90 Å². The fourth-order valence-electron chi connectivity index (χ4n) is 4.03. The van der Waals surface area contributed by atoms with Gasteiger partial charge in [0, 0.05) is 45.0 Å². The Morgan fingerprint density at radius 2 is 1.91 bits per heavy atom. The Balaban J connectivity index is 1.68. The Bertz CT molecular complexity index is 610. The minimum atomic E-state index is -0.0996. The molecule has 1 atom stereocenters. The molecule has 1 amide bonds. The Morgan fingerprint density at radius 1 is 1.13 bits per heavy atom. The third-order valence-corrected chi connectivity index (χ3v) is 5.53. The maximum atomic E-state index is 12.4. The van der Waals surface area contributed by atoms with Crippen LogP contribution in [0.15, 0.2) is 18.2 Å². The third kappa shape index (κ3) is 2.57. The smallest absolute Gasteiger partial charge is 0.233 e. The lowest BCUT2D eigenvalue weighted by Crippen LogP contribution is -2.38. The Kier molecular flexibility index (Phi) is 3.68. The molecule has 0 unspecified atom stereocenters. The van der Waals surface area contributed by atoms with Gasteiger partial charge in [-0.15, -0.1) is 0 Å². The van der Waals surface area contributed by atoms with Crippen LogP contribution in [0.25, 0.3) is 0 Å². The van der Waals surface area contributed by atoms with E-state index in [0.29, 0.717) is 12.6 Å². The standard InChI is InChI=1S/C18H25N3O2/c1-13-12-23-17-4-3-15(11-16(17)19(2)18(13)22)21-10-9-20-7-5-14(21)6-8-20/h3-4,11,13-14H,5-10,12H2,1-2H3/t13-/m0/s1. The van der Waals surface area contributed by atoms with Crippen molar-refractivity contribution in [3.8, 4) is 5.75 Å². The highest BCUT2D eigenvalue weighted by atomic mass is 16.5. The molecule has 3 saturated heterocycles. The number of anilines is 2. The van der Waals surface area contributed by atoms with Gasteiger partial charge in [0.05, 0.1) is 18.2 Å². The summed E-state index contributed by atoms with van der Waals surface area (Å²) in [5.74, 6) is 0.845. The summed E-state index contributed by atoms with van der Waals surface area (Å²) in [5.41, 5.74) is 2.12. The molecule has 3 fully saturated rings. The van der Waals surface area contributed by atoms with Gasteiger partial charge in [-0.25, -0.2) is 0 Å². The number of piperidine rings is 1. The van der Waals surface area contributed by atoms with Crippen molar-refractivity contribution >= 4 is 17.3 Å². The number of carbonyl (C=O) groups excluding carboxylic acids is 1. The first-order chi connectivity index (χ1) is 11.1. The molecule has 0 N–H and O–H groups in total. The van der Waals surface area contributed by atoms with Crippen molar-refractivity contribution in [3.63, 3.8) is 0 Å². The predicted molar refractivity (Wildman–Crippen MR) is 91.3 cm³/mol. The van der Waals surface area contributed by atoms with Gasteiger partial charge in [0.1, 0.15) is 5.75 Å². The van der Waals surface area contributed by atoms with E-state index in [4.69, 9.17) is 4.74 Å². The number of benzene rings is 1. The second kappa shape index (κ2) is 5.71. The van der Waals surface area contributed by atoms with Crippen molar-refractivity contribution in [1.82, 2.24) is 4.90 Å². The van der Waals surface area contributed by atoms with Crippen molar-refractivity contribution in [1.29, 1.82) is 0 Å². The van der Waals surface area contributed by atoms with Crippen molar-refractivity contribution < 1.29 is 9.53 Å². The highest BCUT2D eigenvalue weighted by Crippen LogP contribution is 2.37. The molecule has 1 aromatic rings. The predicted octanol–water partition coefficient (Wildman–Crippen LogP) is 1.96. The summed E-state index contributed by atoms with van der Waals surface area (Å²) in [7, 11) is 1.86. The van der Waals surface area contributed by atoms with Crippen LogP contribution in [-0.4, -0.2) is 56.7 Å². The summed E-state index contributed by atoms with van der Waals surface area (Å²) < 4.78 is 5.84. The number of ether oxygens (including phenoxy) is 1. The first kappa shape index (κ1) is 14.8. The van der Waals surface area contributed by atoms with E-state index in [2.05, 4.69) is 21.9 Å². The van der Waals surface area contributed by atoms with E-state index in [9.17, 15) is 4.79 Å². The Hall–Kier alpha value is -1.75. The van der Waals surface area contributed by atoms with Crippen molar-refractivity contribution in [2.75, 3.05) is 49.6 Å². The number of nitrogens with zero attached hydrogens (tertiary/aromatic N) is 3. The fraction of sp³-hybridized carbons (Fsp3) is 0.611. The van der Waals surface area contributed by atoms with Crippen LogP contribution in [-0.2, 0) is 4.79 Å². The maximum absolute atomic E-state index is 12.4. The zero-order chi connectivity index (χ0) is 16.0. The average Bonchev–Trinajstić information content (AvgIpc) is 2.95. The van der Waals surface area contributed by atoms with E-state index >= 15 is 0 Å². The van der Waals surface area contributed by atoms with E-state index in [-0.39, 0.29) is 11.8 Å². The second-order valence-electron chi connectivity index (χ2n) is 7.03. The van der Waals surface area contributed by atoms with Crippen LogP contribution in [0.3, 0.4) is 0 Å². The van der Waals surface area contributed by atoms with Crippen molar-refractivity contribution in [3.05, 3.63) is 18.2 Å². The number of fused-ring (bicyclic) bond motifs is 5. The van der Waals surface area contributed by atoms with Gasteiger partial charge in [0.15, 0.2) is 0 Å². The third-order valence-electron chi connectivity index (χ3n) is 5.53. The molecule has 4 aliphatic heterocycles. The Labute approximate surface area is 137 Å². The summed E-state index contributed by atoms with van der Waals surface area (Å²) in [5, 5.41) is 0. The molecule has 5 rings (SSSR count). The first-order valence-electron chi connectivity index (χ1n) is 8.67. The van der Waals surface area contributed by atoms with Crippen LogP contribution in [0.1, 0.15) is 19.8 Å². The van der Waals surface area contributed by atoms with Gasteiger partial charge in [0.2, 0.25) is 5.91 Å². The number of amides is 1. The van der Waals surface area contributed by atoms with Crippen LogP contribution >= 0.6 is 0 Å². The lowest BCUT2D eigenvalue weighted by molar-refractivity contribution is -0.122. The summed E-state index contributed by atoms with van der Waals surface area (Å²) >= 11 is 0. The highest BCUT2D eigenvalue weighted by molar-refractivity contribution is 5.97. The van der Waals surface area contributed by atoms with E-state index in [1.807, 2.05) is 20.0 Å². The summed E-state index contributed by atoms with van der Waals surface area (Å²) in [4.78, 5) is 19.2. The van der Waals surface area contributed by atoms with Gasteiger partial charge < -0.3 is 19.4 Å². The fourth-order valence-corrected chi connectivity index (χ4v) is 4.03. The molecule has 0 aliphatic carbocycles. The van der Waals surface area contributed by atoms with E-state index in [0.717, 1.165) is 24.5 Å². The van der Waals surface area contributed by atoms with E-state index in [1.165, 1.54) is 31.6 Å². The van der Waals surface area contributed by atoms with Gasteiger partial charge in [-0.3, -0.25) is 4.79 Å². The Morgan fingerprint density at radius 3 is 2.70 bits per heavy atom. The summed E-state index contributed by atoms with van der Waals surface area (Å²) in [6.45, 7) is 7.01.